The summed E-state index contributed by atoms with van der Waals surface area (Å²) in [7, 11) is 0. The quantitative estimate of drug-likeness (QED) is 0.832. The standard InChI is InChI=1S/C15H11IN2O2/c16-12-4-2-6-14(8-12)20-10-15(19)18-13-5-1-3-11(7-13)9-17/h1-8H,10H2,(H,18,19). The summed E-state index contributed by atoms with van der Waals surface area (Å²) in [5.74, 6) is 0.386. The van der Waals surface area contributed by atoms with Gasteiger partial charge in [-0.25, -0.2) is 0 Å². The van der Waals surface area contributed by atoms with Crippen LogP contribution < -0.4 is 10.1 Å². The Bertz CT molecular complexity index is 665. The number of hydrogen-bond acceptors (Lipinski definition) is 3. The topological polar surface area (TPSA) is 62.1 Å². The van der Waals surface area contributed by atoms with Crippen molar-refractivity contribution in [3.8, 4) is 11.8 Å². The third-order valence-corrected chi connectivity index (χ3v) is 3.11. The molecular formula is C15H11IN2O2. The lowest BCUT2D eigenvalue weighted by Crippen LogP contribution is -2.20. The molecule has 0 aromatic heterocycles. The van der Waals surface area contributed by atoms with Gasteiger partial charge in [0, 0.05) is 9.26 Å². The highest BCUT2D eigenvalue weighted by molar-refractivity contribution is 14.1. The van der Waals surface area contributed by atoms with Crippen LogP contribution in [0.1, 0.15) is 5.56 Å². The number of rotatable bonds is 4. The zero-order chi connectivity index (χ0) is 14.4. The fraction of sp³-hybridized carbons (Fsp3) is 0.0667. The summed E-state index contributed by atoms with van der Waals surface area (Å²) in [5.41, 5.74) is 1.08. The van der Waals surface area contributed by atoms with Gasteiger partial charge in [0.05, 0.1) is 11.6 Å². The Kier molecular flexibility index (Phi) is 4.96. The molecular weight excluding hydrogens is 367 g/mol. The van der Waals surface area contributed by atoms with Crippen molar-refractivity contribution in [2.24, 2.45) is 0 Å². The van der Waals surface area contributed by atoms with Crippen LogP contribution in [0.3, 0.4) is 0 Å². The number of halogens is 1. The van der Waals surface area contributed by atoms with E-state index in [0.717, 1.165) is 3.57 Å². The number of anilines is 1. The Morgan fingerprint density at radius 1 is 1.25 bits per heavy atom. The third-order valence-electron chi connectivity index (χ3n) is 2.44. The summed E-state index contributed by atoms with van der Waals surface area (Å²) in [6, 6.07) is 16.2. The van der Waals surface area contributed by atoms with E-state index >= 15 is 0 Å². The number of nitriles is 1. The van der Waals surface area contributed by atoms with Gasteiger partial charge in [0.15, 0.2) is 6.61 Å². The van der Waals surface area contributed by atoms with Crippen molar-refractivity contribution in [3.63, 3.8) is 0 Å². The molecule has 1 N–H and O–H groups in total. The number of carbonyl (C=O) groups excluding carboxylic acids is 1. The van der Waals surface area contributed by atoms with Crippen LogP contribution in [0.25, 0.3) is 0 Å². The van der Waals surface area contributed by atoms with E-state index in [1.807, 2.05) is 24.3 Å². The Morgan fingerprint density at radius 3 is 2.80 bits per heavy atom. The zero-order valence-electron chi connectivity index (χ0n) is 10.5. The molecule has 0 radical (unpaired) electrons. The minimum atomic E-state index is -0.265. The van der Waals surface area contributed by atoms with Gasteiger partial charge in [-0.3, -0.25) is 4.79 Å². The molecule has 4 nitrogen and oxygen atoms in total. The largest absolute Gasteiger partial charge is 0.484 e. The van der Waals surface area contributed by atoms with E-state index < -0.39 is 0 Å². The monoisotopic (exact) mass is 378 g/mol. The minimum absolute atomic E-state index is 0.0725. The van der Waals surface area contributed by atoms with Crippen LogP contribution in [0, 0.1) is 14.9 Å². The van der Waals surface area contributed by atoms with Gasteiger partial charge < -0.3 is 10.1 Å². The maximum absolute atomic E-state index is 11.7. The Balaban J connectivity index is 1.91. The molecule has 0 unspecified atom stereocenters. The van der Waals surface area contributed by atoms with Gasteiger partial charge >= 0.3 is 0 Å². The predicted molar refractivity (Wildman–Crippen MR) is 84.4 cm³/mol. The lowest BCUT2D eigenvalue weighted by molar-refractivity contribution is -0.118. The van der Waals surface area contributed by atoms with Crippen LogP contribution >= 0.6 is 22.6 Å². The van der Waals surface area contributed by atoms with Gasteiger partial charge in [-0.2, -0.15) is 5.26 Å². The molecule has 0 spiro atoms. The summed E-state index contributed by atoms with van der Waals surface area (Å²) in [6.45, 7) is -0.0725. The molecule has 0 bridgehead atoms. The van der Waals surface area contributed by atoms with E-state index in [2.05, 4.69) is 27.9 Å². The molecule has 2 aromatic carbocycles. The van der Waals surface area contributed by atoms with Crippen molar-refractivity contribution in [2.75, 3.05) is 11.9 Å². The molecule has 1 amide bonds. The number of nitrogens with zero attached hydrogens (tertiary/aromatic N) is 1. The van der Waals surface area contributed by atoms with Gasteiger partial charge in [0.2, 0.25) is 0 Å². The second-order valence-electron chi connectivity index (χ2n) is 3.99. The molecule has 0 heterocycles. The van der Waals surface area contributed by atoms with Crippen molar-refractivity contribution in [1.29, 1.82) is 5.26 Å². The number of nitrogens with one attached hydrogen (secondary N) is 1. The average molecular weight is 378 g/mol. The average Bonchev–Trinajstić information content (AvgIpc) is 2.45. The number of benzene rings is 2. The highest BCUT2D eigenvalue weighted by atomic mass is 127. The van der Waals surface area contributed by atoms with Gasteiger partial charge in [-0.15, -0.1) is 0 Å². The summed E-state index contributed by atoms with van der Waals surface area (Å²) >= 11 is 2.18. The first kappa shape index (κ1) is 14.3. The molecule has 0 aliphatic heterocycles. The fourth-order valence-electron chi connectivity index (χ4n) is 1.57. The summed E-state index contributed by atoms with van der Waals surface area (Å²) in [5, 5.41) is 11.5. The molecule has 0 saturated heterocycles. The molecule has 5 heteroatoms. The third kappa shape index (κ3) is 4.24. The van der Waals surface area contributed by atoms with E-state index in [4.69, 9.17) is 10.00 Å². The van der Waals surface area contributed by atoms with E-state index in [9.17, 15) is 4.79 Å². The van der Waals surface area contributed by atoms with Crippen molar-refractivity contribution in [1.82, 2.24) is 0 Å². The normalized spacial score (nSPS) is 9.60. The lowest BCUT2D eigenvalue weighted by Gasteiger charge is -2.08. The molecule has 0 aliphatic rings. The van der Waals surface area contributed by atoms with Crippen LogP contribution in [-0.2, 0) is 4.79 Å². The smallest absolute Gasteiger partial charge is 0.262 e. The molecule has 0 fully saturated rings. The Labute approximate surface area is 130 Å². The molecule has 2 aromatic rings. The zero-order valence-corrected chi connectivity index (χ0v) is 12.6. The highest BCUT2D eigenvalue weighted by Gasteiger charge is 2.04. The fourth-order valence-corrected chi connectivity index (χ4v) is 2.08. The van der Waals surface area contributed by atoms with Crippen LogP contribution in [0.5, 0.6) is 5.75 Å². The predicted octanol–water partition coefficient (Wildman–Crippen LogP) is 3.18. The second-order valence-corrected chi connectivity index (χ2v) is 5.23. The van der Waals surface area contributed by atoms with Gasteiger partial charge in [0.25, 0.3) is 5.91 Å². The van der Waals surface area contributed by atoms with E-state index in [-0.39, 0.29) is 12.5 Å². The van der Waals surface area contributed by atoms with Crippen LogP contribution in [0.15, 0.2) is 48.5 Å². The molecule has 0 aliphatic carbocycles. The molecule has 20 heavy (non-hydrogen) atoms. The maximum atomic E-state index is 11.7. The first-order chi connectivity index (χ1) is 9.67. The van der Waals surface area contributed by atoms with Crippen LogP contribution in [-0.4, -0.2) is 12.5 Å². The van der Waals surface area contributed by atoms with Crippen LogP contribution in [0.2, 0.25) is 0 Å². The highest BCUT2D eigenvalue weighted by Crippen LogP contribution is 2.15. The number of amides is 1. The minimum Gasteiger partial charge on any atom is -0.484 e. The number of ether oxygens (including phenoxy) is 1. The SMILES string of the molecule is N#Cc1cccc(NC(=O)COc2cccc(I)c2)c1. The van der Waals surface area contributed by atoms with Gasteiger partial charge in [-0.05, 0) is 59.0 Å². The second kappa shape index (κ2) is 6.91. The van der Waals surface area contributed by atoms with Crippen molar-refractivity contribution >= 4 is 34.2 Å². The van der Waals surface area contributed by atoms with E-state index in [1.54, 1.807) is 30.3 Å². The number of carbonyl (C=O) groups is 1. The van der Waals surface area contributed by atoms with Crippen molar-refractivity contribution < 1.29 is 9.53 Å². The lowest BCUT2D eigenvalue weighted by atomic mass is 10.2. The molecule has 0 atom stereocenters. The Morgan fingerprint density at radius 2 is 2.05 bits per heavy atom. The Hall–Kier alpha value is -2.07. The summed E-state index contributed by atoms with van der Waals surface area (Å²) in [4.78, 5) is 11.7. The molecule has 0 saturated carbocycles. The van der Waals surface area contributed by atoms with Crippen molar-refractivity contribution in [2.45, 2.75) is 0 Å². The first-order valence-electron chi connectivity index (χ1n) is 5.86. The van der Waals surface area contributed by atoms with Crippen molar-refractivity contribution in [3.05, 3.63) is 57.7 Å². The first-order valence-corrected chi connectivity index (χ1v) is 6.93. The summed E-state index contributed by atoms with van der Waals surface area (Å²) < 4.78 is 6.44. The molecule has 100 valence electrons. The van der Waals surface area contributed by atoms with Gasteiger partial charge in [-0.1, -0.05) is 12.1 Å². The van der Waals surface area contributed by atoms with Crippen LogP contribution in [0.4, 0.5) is 5.69 Å². The van der Waals surface area contributed by atoms with E-state index in [0.29, 0.717) is 17.0 Å². The van der Waals surface area contributed by atoms with E-state index in [1.165, 1.54) is 0 Å². The maximum Gasteiger partial charge on any atom is 0.262 e. The van der Waals surface area contributed by atoms with Gasteiger partial charge in [0.1, 0.15) is 5.75 Å². The number of hydrogen-bond donors (Lipinski definition) is 1. The molecule has 2 rings (SSSR count). The summed E-state index contributed by atoms with van der Waals surface area (Å²) in [6.07, 6.45) is 0.